The summed E-state index contributed by atoms with van der Waals surface area (Å²) in [5.41, 5.74) is 1.94. The minimum Gasteiger partial charge on any atom is -0.486 e. The molecule has 1 atom stereocenters. The number of ether oxygens (including phenoxy) is 2. The number of hydrogen-bond acceptors (Lipinski definition) is 3. The van der Waals surface area contributed by atoms with Crippen molar-refractivity contribution in [1.29, 1.82) is 0 Å². The van der Waals surface area contributed by atoms with Gasteiger partial charge in [-0.05, 0) is 35.2 Å². The van der Waals surface area contributed by atoms with Crippen LogP contribution in [-0.4, -0.2) is 25.2 Å². The molecule has 0 saturated carbocycles. The number of rotatable bonds is 3. The molecular formula is C20H23NO3. The van der Waals surface area contributed by atoms with Crippen LogP contribution in [0.25, 0.3) is 0 Å². The Hall–Kier alpha value is -2.49. The number of benzene rings is 2. The summed E-state index contributed by atoms with van der Waals surface area (Å²) < 4.78 is 11.5. The molecule has 0 fully saturated rings. The molecule has 2 aromatic rings. The number of para-hydroxylation sites is 2. The van der Waals surface area contributed by atoms with E-state index < -0.39 is 0 Å². The van der Waals surface area contributed by atoms with E-state index in [1.165, 1.54) is 5.56 Å². The van der Waals surface area contributed by atoms with Crippen molar-refractivity contribution in [2.45, 2.75) is 32.3 Å². The van der Waals surface area contributed by atoms with Crippen molar-refractivity contribution in [3.05, 3.63) is 59.7 Å². The molecule has 2 aromatic carbocycles. The van der Waals surface area contributed by atoms with Gasteiger partial charge in [-0.1, -0.05) is 45.0 Å². The minimum atomic E-state index is -0.183. The van der Waals surface area contributed by atoms with Crippen molar-refractivity contribution < 1.29 is 14.3 Å². The fraction of sp³-hybridized carbons (Fsp3) is 0.350. The molecule has 4 heteroatoms. The molecule has 0 saturated heterocycles. The third kappa shape index (κ3) is 3.70. The summed E-state index contributed by atoms with van der Waals surface area (Å²) in [6.07, 6.45) is -0.183. The second kappa shape index (κ2) is 6.56. The predicted molar refractivity (Wildman–Crippen MR) is 93.8 cm³/mol. The monoisotopic (exact) mass is 325 g/mol. The van der Waals surface area contributed by atoms with Crippen molar-refractivity contribution in [3.8, 4) is 11.5 Å². The van der Waals surface area contributed by atoms with Gasteiger partial charge >= 0.3 is 0 Å². The van der Waals surface area contributed by atoms with E-state index in [0.717, 1.165) is 11.5 Å². The number of nitrogens with one attached hydrogen (secondary N) is 1. The van der Waals surface area contributed by atoms with E-state index in [2.05, 4.69) is 26.1 Å². The largest absolute Gasteiger partial charge is 0.486 e. The number of fused-ring (bicyclic) bond motifs is 1. The van der Waals surface area contributed by atoms with Gasteiger partial charge in [-0.25, -0.2) is 0 Å². The maximum absolute atomic E-state index is 12.3. The summed E-state index contributed by atoms with van der Waals surface area (Å²) in [6.45, 7) is 7.30. The topological polar surface area (TPSA) is 47.6 Å². The molecule has 0 spiro atoms. The van der Waals surface area contributed by atoms with E-state index in [1.54, 1.807) is 0 Å². The van der Waals surface area contributed by atoms with Crippen LogP contribution in [0.5, 0.6) is 11.5 Å². The quantitative estimate of drug-likeness (QED) is 0.939. The lowest BCUT2D eigenvalue weighted by Gasteiger charge is -2.26. The van der Waals surface area contributed by atoms with E-state index in [0.29, 0.717) is 18.7 Å². The van der Waals surface area contributed by atoms with E-state index in [1.807, 2.05) is 48.5 Å². The molecule has 0 radical (unpaired) electrons. The maximum Gasteiger partial charge on any atom is 0.251 e. The minimum absolute atomic E-state index is 0.0790. The van der Waals surface area contributed by atoms with Crippen LogP contribution in [0.4, 0.5) is 0 Å². The van der Waals surface area contributed by atoms with Gasteiger partial charge in [0.1, 0.15) is 12.7 Å². The maximum atomic E-state index is 12.3. The molecular weight excluding hydrogens is 302 g/mol. The summed E-state index contributed by atoms with van der Waals surface area (Å²) in [5.74, 6) is 1.37. The predicted octanol–water partition coefficient (Wildman–Crippen LogP) is 3.55. The molecule has 0 bridgehead atoms. The Morgan fingerprint density at radius 1 is 1.08 bits per heavy atom. The molecule has 24 heavy (non-hydrogen) atoms. The Morgan fingerprint density at radius 3 is 2.42 bits per heavy atom. The van der Waals surface area contributed by atoms with E-state index >= 15 is 0 Å². The van der Waals surface area contributed by atoms with Crippen LogP contribution in [0.15, 0.2) is 48.5 Å². The van der Waals surface area contributed by atoms with Crippen LogP contribution in [0.3, 0.4) is 0 Å². The van der Waals surface area contributed by atoms with Gasteiger partial charge in [0.15, 0.2) is 11.5 Å². The lowest BCUT2D eigenvalue weighted by molar-refractivity contribution is 0.0789. The standard InChI is InChI=1S/C20H23NO3/c1-20(2,3)15-10-8-14(9-11-15)19(22)21-12-16-13-23-17-6-4-5-7-18(17)24-16/h4-11,16H,12-13H2,1-3H3,(H,21,22)/t16-/m0/s1. The molecule has 1 aliphatic heterocycles. The Morgan fingerprint density at radius 2 is 1.75 bits per heavy atom. The number of carbonyl (C=O) groups excluding carboxylic acids is 1. The Bertz CT molecular complexity index is 716. The third-order valence-electron chi connectivity index (χ3n) is 4.07. The lowest BCUT2D eigenvalue weighted by Crippen LogP contribution is -2.40. The third-order valence-corrected chi connectivity index (χ3v) is 4.07. The van der Waals surface area contributed by atoms with Crippen LogP contribution >= 0.6 is 0 Å². The van der Waals surface area contributed by atoms with E-state index in [-0.39, 0.29) is 17.4 Å². The summed E-state index contributed by atoms with van der Waals surface area (Å²) in [4.78, 5) is 12.3. The highest BCUT2D eigenvalue weighted by Gasteiger charge is 2.21. The van der Waals surface area contributed by atoms with Gasteiger partial charge in [0.05, 0.1) is 6.54 Å². The zero-order valence-corrected chi connectivity index (χ0v) is 14.3. The summed E-state index contributed by atoms with van der Waals surface area (Å²) >= 11 is 0. The van der Waals surface area contributed by atoms with Crippen LogP contribution in [0.1, 0.15) is 36.7 Å². The smallest absolute Gasteiger partial charge is 0.251 e. The summed E-state index contributed by atoms with van der Waals surface area (Å²) in [6, 6.07) is 15.3. The van der Waals surface area contributed by atoms with Crippen LogP contribution in [0.2, 0.25) is 0 Å². The van der Waals surface area contributed by atoms with Crippen molar-refractivity contribution in [2.24, 2.45) is 0 Å². The Labute approximate surface area is 142 Å². The van der Waals surface area contributed by atoms with Crippen molar-refractivity contribution in [3.63, 3.8) is 0 Å². The van der Waals surface area contributed by atoms with Crippen molar-refractivity contribution in [1.82, 2.24) is 5.32 Å². The van der Waals surface area contributed by atoms with Gasteiger partial charge in [-0.2, -0.15) is 0 Å². The first-order chi connectivity index (χ1) is 11.4. The average molecular weight is 325 g/mol. The first-order valence-corrected chi connectivity index (χ1v) is 8.21. The van der Waals surface area contributed by atoms with Gasteiger partial charge in [0.25, 0.3) is 5.91 Å². The van der Waals surface area contributed by atoms with Gasteiger partial charge in [0, 0.05) is 5.56 Å². The fourth-order valence-corrected chi connectivity index (χ4v) is 2.59. The molecule has 1 heterocycles. The molecule has 0 aliphatic carbocycles. The van der Waals surface area contributed by atoms with Gasteiger partial charge < -0.3 is 14.8 Å². The zero-order chi connectivity index (χ0) is 17.2. The molecule has 4 nitrogen and oxygen atoms in total. The average Bonchev–Trinajstić information content (AvgIpc) is 2.59. The van der Waals surface area contributed by atoms with Gasteiger partial charge in [0.2, 0.25) is 0 Å². The molecule has 0 aromatic heterocycles. The lowest BCUT2D eigenvalue weighted by atomic mass is 9.87. The number of carbonyl (C=O) groups is 1. The highest BCUT2D eigenvalue weighted by molar-refractivity contribution is 5.94. The molecule has 1 amide bonds. The second-order valence-electron chi connectivity index (χ2n) is 7.03. The van der Waals surface area contributed by atoms with Crippen molar-refractivity contribution >= 4 is 5.91 Å². The van der Waals surface area contributed by atoms with Crippen LogP contribution < -0.4 is 14.8 Å². The van der Waals surface area contributed by atoms with Crippen LogP contribution in [0, 0.1) is 0 Å². The zero-order valence-electron chi connectivity index (χ0n) is 14.3. The number of amides is 1. The Balaban J connectivity index is 1.56. The first kappa shape index (κ1) is 16.4. The highest BCUT2D eigenvalue weighted by atomic mass is 16.6. The fourth-order valence-electron chi connectivity index (χ4n) is 2.59. The van der Waals surface area contributed by atoms with Gasteiger partial charge in [-0.15, -0.1) is 0 Å². The van der Waals surface area contributed by atoms with Crippen molar-refractivity contribution in [2.75, 3.05) is 13.2 Å². The summed E-state index contributed by atoms with van der Waals surface area (Å²) in [7, 11) is 0. The molecule has 1 N–H and O–H groups in total. The van der Waals surface area contributed by atoms with E-state index in [4.69, 9.17) is 9.47 Å². The molecule has 1 aliphatic rings. The second-order valence-corrected chi connectivity index (χ2v) is 7.03. The molecule has 3 rings (SSSR count). The van der Waals surface area contributed by atoms with Gasteiger partial charge in [-0.3, -0.25) is 4.79 Å². The summed E-state index contributed by atoms with van der Waals surface area (Å²) in [5, 5.41) is 2.91. The Kier molecular flexibility index (Phi) is 4.47. The highest BCUT2D eigenvalue weighted by Crippen LogP contribution is 2.30. The molecule has 0 unspecified atom stereocenters. The van der Waals surface area contributed by atoms with Crippen LogP contribution in [-0.2, 0) is 5.41 Å². The normalized spacial score (nSPS) is 16.5. The SMILES string of the molecule is CC(C)(C)c1ccc(C(=O)NC[C@H]2COc3ccccc3O2)cc1. The number of hydrogen-bond donors (Lipinski definition) is 1. The molecule has 126 valence electrons. The van der Waals surface area contributed by atoms with E-state index in [9.17, 15) is 4.79 Å². The first-order valence-electron chi connectivity index (χ1n) is 8.21.